The van der Waals surface area contributed by atoms with Crippen LogP contribution in [0.1, 0.15) is 5.69 Å². The van der Waals surface area contributed by atoms with Crippen molar-refractivity contribution in [2.75, 3.05) is 18.5 Å². The first-order valence-corrected chi connectivity index (χ1v) is 3.38. The van der Waals surface area contributed by atoms with Gasteiger partial charge in [-0.1, -0.05) is 0 Å². The largest absolute Gasteiger partial charge is 0.394 e. The molecule has 5 N–H and O–H groups in total. The van der Waals surface area contributed by atoms with E-state index in [0.717, 1.165) is 5.69 Å². The van der Waals surface area contributed by atoms with Gasteiger partial charge in [0, 0.05) is 13.6 Å². The second-order valence-electron chi connectivity index (χ2n) is 2.40. The van der Waals surface area contributed by atoms with Gasteiger partial charge in [-0.2, -0.15) is 5.10 Å². The minimum Gasteiger partial charge on any atom is -0.394 e. The third-order valence-electron chi connectivity index (χ3n) is 1.55. The van der Waals surface area contributed by atoms with Crippen LogP contribution in [0.4, 0.5) is 11.5 Å². The molecule has 1 aromatic heterocycles. The van der Waals surface area contributed by atoms with Gasteiger partial charge in [-0.25, -0.2) is 0 Å². The van der Waals surface area contributed by atoms with Crippen molar-refractivity contribution in [1.82, 2.24) is 15.1 Å². The maximum atomic E-state index is 5.64. The molecule has 0 saturated heterocycles. The first kappa shape index (κ1) is 7.87. The number of nitrogens with zero attached hydrogens (tertiary/aromatic N) is 2. The van der Waals surface area contributed by atoms with Crippen molar-refractivity contribution in [2.24, 2.45) is 7.05 Å². The topological polar surface area (TPSA) is 81.9 Å². The zero-order valence-corrected chi connectivity index (χ0v) is 6.76. The molecule has 0 radical (unpaired) electrons. The molecule has 0 atom stereocenters. The van der Waals surface area contributed by atoms with E-state index in [1.54, 1.807) is 11.7 Å². The molecular formula is C6H13N5. The highest BCUT2D eigenvalue weighted by Crippen LogP contribution is 2.17. The Morgan fingerprint density at radius 2 is 2.18 bits per heavy atom. The highest BCUT2D eigenvalue weighted by Gasteiger charge is 2.08. The van der Waals surface area contributed by atoms with Gasteiger partial charge in [-0.05, 0) is 7.05 Å². The molecule has 5 nitrogen and oxygen atoms in total. The van der Waals surface area contributed by atoms with Crippen LogP contribution in [0, 0.1) is 0 Å². The van der Waals surface area contributed by atoms with E-state index in [1.165, 1.54) is 0 Å². The quantitative estimate of drug-likeness (QED) is 0.527. The van der Waals surface area contributed by atoms with Crippen molar-refractivity contribution in [3.63, 3.8) is 0 Å². The first-order valence-electron chi connectivity index (χ1n) is 3.38. The summed E-state index contributed by atoms with van der Waals surface area (Å²) in [4.78, 5) is 0. The van der Waals surface area contributed by atoms with E-state index in [-0.39, 0.29) is 0 Å². The van der Waals surface area contributed by atoms with Gasteiger partial charge in [0.25, 0.3) is 0 Å². The lowest BCUT2D eigenvalue weighted by molar-refractivity contribution is 0.718. The number of hydrogen-bond donors (Lipinski definition) is 3. The molecule has 62 valence electrons. The molecule has 0 amide bonds. The number of aryl methyl sites for hydroxylation is 1. The molecule has 0 fully saturated rings. The Morgan fingerprint density at radius 3 is 2.55 bits per heavy atom. The summed E-state index contributed by atoms with van der Waals surface area (Å²) in [6.45, 7) is 0.650. The molecule has 0 aliphatic carbocycles. The lowest BCUT2D eigenvalue weighted by atomic mass is 10.3. The maximum absolute atomic E-state index is 5.64. The second kappa shape index (κ2) is 2.79. The number of rotatable bonds is 2. The van der Waals surface area contributed by atoms with E-state index in [4.69, 9.17) is 11.5 Å². The Morgan fingerprint density at radius 1 is 1.55 bits per heavy atom. The maximum Gasteiger partial charge on any atom is 0.145 e. The van der Waals surface area contributed by atoms with Gasteiger partial charge < -0.3 is 16.8 Å². The van der Waals surface area contributed by atoms with Crippen molar-refractivity contribution in [3.8, 4) is 0 Å². The zero-order chi connectivity index (χ0) is 8.43. The number of hydrogen-bond acceptors (Lipinski definition) is 4. The van der Waals surface area contributed by atoms with E-state index < -0.39 is 0 Å². The minimum absolute atomic E-state index is 0.523. The van der Waals surface area contributed by atoms with Crippen LogP contribution in [0.2, 0.25) is 0 Å². The molecule has 1 rings (SSSR count). The molecule has 0 unspecified atom stereocenters. The Balaban J connectivity index is 2.98. The Labute approximate surface area is 65.4 Å². The Hall–Kier alpha value is -1.23. The van der Waals surface area contributed by atoms with E-state index in [1.807, 2.05) is 7.05 Å². The van der Waals surface area contributed by atoms with Crippen LogP contribution in [0.3, 0.4) is 0 Å². The summed E-state index contributed by atoms with van der Waals surface area (Å²) in [7, 11) is 3.61. The average Bonchev–Trinajstić information content (AvgIpc) is 2.19. The van der Waals surface area contributed by atoms with Gasteiger partial charge in [0.2, 0.25) is 0 Å². The molecule has 5 heteroatoms. The number of nitrogens with two attached hydrogens (primary N) is 2. The summed E-state index contributed by atoms with van der Waals surface area (Å²) in [6.07, 6.45) is 0. The summed E-state index contributed by atoms with van der Waals surface area (Å²) in [5.74, 6) is 0.523. The highest BCUT2D eigenvalue weighted by atomic mass is 15.3. The molecule has 0 bridgehead atoms. The molecule has 0 spiro atoms. The molecular weight excluding hydrogens is 142 g/mol. The summed E-state index contributed by atoms with van der Waals surface area (Å²) >= 11 is 0. The van der Waals surface area contributed by atoms with Crippen LogP contribution in [0.15, 0.2) is 0 Å². The Kier molecular flexibility index (Phi) is 2.00. The van der Waals surface area contributed by atoms with Gasteiger partial charge in [0.15, 0.2) is 0 Å². The molecule has 1 aromatic rings. The third kappa shape index (κ3) is 1.27. The normalized spacial score (nSPS) is 10.4. The van der Waals surface area contributed by atoms with Crippen LogP contribution in [-0.4, -0.2) is 16.8 Å². The first-order chi connectivity index (χ1) is 5.16. The summed E-state index contributed by atoms with van der Waals surface area (Å²) in [6, 6.07) is 0. The molecule has 1 heterocycles. The van der Waals surface area contributed by atoms with Gasteiger partial charge in [0.1, 0.15) is 11.5 Å². The van der Waals surface area contributed by atoms with Gasteiger partial charge >= 0.3 is 0 Å². The molecule has 0 aromatic carbocycles. The highest BCUT2D eigenvalue weighted by molar-refractivity contribution is 5.61. The molecule has 0 aliphatic heterocycles. The van der Waals surface area contributed by atoms with Crippen molar-refractivity contribution >= 4 is 11.5 Å². The van der Waals surface area contributed by atoms with Crippen LogP contribution in [-0.2, 0) is 13.6 Å². The van der Waals surface area contributed by atoms with Crippen LogP contribution < -0.4 is 16.8 Å². The van der Waals surface area contributed by atoms with Crippen molar-refractivity contribution < 1.29 is 0 Å². The lowest BCUT2D eigenvalue weighted by Crippen LogP contribution is -2.07. The van der Waals surface area contributed by atoms with Gasteiger partial charge in [-0.15, -0.1) is 0 Å². The summed E-state index contributed by atoms with van der Waals surface area (Å²) in [5.41, 5.74) is 12.6. The molecule has 0 aliphatic rings. The van der Waals surface area contributed by atoms with Crippen molar-refractivity contribution in [2.45, 2.75) is 6.54 Å². The summed E-state index contributed by atoms with van der Waals surface area (Å²) in [5, 5.41) is 7.06. The van der Waals surface area contributed by atoms with E-state index in [2.05, 4.69) is 10.4 Å². The lowest BCUT2D eigenvalue weighted by Gasteiger charge is -1.94. The number of anilines is 2. The third-order valence-corrected chi connectivity index (χ3v) is 1.55. The summed E-state index contributed by atoms with van der Waals surface area (Å²) < 4.78 is 1.57. The van der Waals surface area contributed by atoms with Crippen LogP contribution >= 0.6 is 0 Å². The fourth-order valence-electron chi connectivity index (χ4n) is 0.909. The fourth-order valence-corrected chi connectivity index (χ4v) is 0.909. The number of nitrogens with one attached hydrogen (secondary N) is 1. The number of aromatic nitrogens is 2. The second-order valence-corrected chi connectivity index (χ2v) is 2.40. The van der Waals surface area contributed by atoms with E-state index >= 15 is 0 Å². The predicted molar refractivity (Wildman–Crippen MR) is 44.8 cm³/mol. The molecule has 0 saturated carbocycles. The SMILES string of the molecule is CNCc1nn(C)c(N)c1N. The van der Waals surface area contributed by atoms with E-state index in [0.29, 0.717) is 18.1 Å². The number of nitrogen functional groups attached to an aromatic ring is 2. The monoisotopic (exact) mass is 155 g/mol. The van der Waals surface area contributed by atoms with E-state index in [9.17, 15) is 0 Å². The predicted octanol–water partition coefficient (Wildman–Crippen LogP) is -0.696. The minimum atomic E-state index is 0.523. The van der Waals surface area contributed by atoms with Crippen LogP contribution in [0.5, 0.6) is 0 Å². The fraction of sp³-hybridized carbons (Fsp3) is 0.500. The van der Waals surface area contributed by atoms with Crippen LogP contribution in [0.25, 0.3) is 0 Å². The molecule has 11 heavy (non-hydrogen) atoms. The van der Waals surface area contributed by atoms with Gasteiger partial charge in [0.05, 0.1) is 5.69 Å². The van der Waals surface area contributed by atoms with Gasteiger partial charge in [-0.3, -0.25) is 4.68 Å². The average molecular weight is 155 g/mol. The smallest absolute Gasteiger partial charge is 0.145 e. The zero-order valence-electron chi connectivity index (χ0n) is 6.76. The Bertz CT molecular complexity index is 252. The standard InChI is InChI=1S/C6H13N5/c1-9-3-4-5(7)6(8)11(2)10-4/h9H,3,7-8H2,1-2H3. The van der Waals surface area contributed by atoms with Crippen molar-refractivity contribution in [3.05, 3.63) is 5.69 Å². The van der Waals surface area contributed by atoms with Crippen molar-refractivity contribution in [1.29, 1.82) is 0 Å².